The molecule has 0 bridgehead atoms. The smallest absolute Gasteiger partial charge is 0.220 e. The lowest BCUT2D eigenvalue weighted by Crippen LogP contribution is -2.22. The number of fused-ring (bicyclic) bond motifs is 1. The van der Waals surface area contributed by atoms with Gasteiger partial charge in [-0.1, -0.05) is 19.8 Å². The highest BCUT2D eigenvalue weighted by Gasteiger charge is 2.04. The Balaban J connectivity index is 1.78. The zero-order valence-electron chi connectivity index (χ0n) is 9.98. The van der Waals surface area contributed by atoms with Gasteiger partial charge in [0.15, 0.2) is 4.96 Å². The van der Waals surface area contributed by atoms with Gasteiger partial charge in [0.25, 0.3) is 0 Å². The number of nitrogens with one attached hydrogen (secondary N) is 1. The second-order valence-corrected chi connectivity index (χ2v) is 4.93. The summed E-state index contributed by atoms with van der Waals surface area (Å²) < 4.78 is 1.98. The van der Waals surface area contributed by atoms with Crippen molar-refractivity contribution in [3.05, 3.63) is 23.5 Å². The van der Waals surface area contributed by atoms with Gasteiger partial charge in [-0.05, 0) is 6.42 Å². The van der Waals surface area contributed by atoms with Gasteiger partial charge in [-0.2, -0.15) is 0 Å². The van der Waals surface area contributed by atoms with E-state index in [1.165, 1.54) is 0 Å². The molecule has 0 atom stereocenters. The summed E-state index contributed by atoms with van der Waals surface area (Å²) in [5.74, 6) is 0.120. The number of thiazole rings is 1. The van der Waals surface area contributed by atoms with Gasteiger partial charge < -0.3 is 5.32 Å². The lowest BCUT2D eigenvalue weighted by atomic mass is 10.2. The number of aromatic nitrogens is 2. The third kappa shape index (κ3) is 3.30. The van der Waals surface area contributed by atoms with Crippen LogP contribution in [0, 0.1) is 0 Å². The molecule has 2 heterocycles. The standard InChI is InChI=1S/C12H17N3OS/c1-2-3-4-5-11(16)13-8-10-9-15-6-7-17-12(15)14-10/h6-7,9H,2-5,8H2,1H3,(H,13,16). The van der Waals surface area contributed by atoms with Gasteiger partial charge in [-0.25, -0.2) is 4.98 Å². The second-order valence-electron chi connectivity index (χ2n) is 4.06. The van der Waals surface area contributed by atoms with Gasteiger partial charge in [0, 0.05) is 24.2 Å². The van der Waals surface area contributed by atoms with Crippen LogP contribution < -0.4 is 5.32 Å². The Bertz CT molecular complexity index is 460. The molecule has 1 N–H and O–H groups in total. The van der Waals surface area contributed by atoms with Crippen LogP contribution in [0.4, 0.5) is 0 Å². The minimum absolute atomic E-state index is 0.120. The van der Waals surface area contributed by atoms with Crippen molar-refractivity contribution in [2.75, 3.05) is 0 Å². The Morgan fingerprint density at radius 1 is 1.53 bits per heavy atom. The summed E-state index contributed by atoms with van der Waals surface area (Å²) in [4.78, 5) is 16.9. The molecule has 2 rings (SSSR count). The molecule has 4 nitrogen and oxygen atoms in total. The van der Waals surface area contributed by atoms with Crippen molar-refractivity contribution < 1.29 is 4.79 Å². The fourth-order valence-corrected chi connectivity index (χ4v) is 2.39. The van der Waals surface area contributed by atoms with Crippen molar-refractivity contribution in [2.45, 2.75) is 39.2 Å². The van der Waals surface area contributed by atoms with E-state index in [2.05, 4.69) is 17.2 Å². The van der Waals surface area contributed by atoms with Gasteiger partial charge >= 0.3 is 0 Å². The SMILES string of the molecule is CCCCCC(=O)NCc1cn2ccsc2n1. The number of imidazole rings is 1. The molecule has 0 radical (unpaired) electrons. The first kappa shape index (κ1) is 12.1. The molecule has 0 unspecified atom stereocenters. The average molecular weight is 251 g/mol. The fourth-order valence-electron chi connectivity index (χ4n) is 1.67. The van der Waals surface area contributed by atoms with Crippen LogP contribution in [-0.4, -0.2) is 15.3 Å². The Morgan fingerprint density at radius 2 is 2.41 bits per heavy atom. The number of amides is 1. The third-order valence-corrected chi connectivity index (χ3v) is 3.39. The molecular weight excluding hydrogens is 234 g/mol. The van der Waals surface area contributed by atoms with Crippen LogP contribution in [0.1, 0.15) is 38.3 Å². The average Bonchev–Trinajstić information content (AvgIpc) is 2.86. The second kappa shape index (κ2) is 5.82. The predicted octanol–water partition coefficient (Wildman–Crippen LogP) is 2.59. The molecule has 2 aromatic heterocycles. The molecule has 0 aromatic carbocycles. The van der Waals surface area contributed by atoms with E-state index in [-0.39, 0.29) is 5.91 Å². The van der Waals surface area contributed by atoms with E-state index in [9.17, 15) is 4.79 Å². The molecule has 0 aliphatic rings. The quantitative estimate of drug-likeness (QED) is 0.802. The van der Waals surface area contributed by atoms with Crippen LogP contribution in [0.15, 0.2) is 17.8 Å². The Labute approximate surface area is 105 Å². The lowest BCUT2D eigenvalue weighted by molar-refractivity contribution is -0.121. The molecule has 92 valence electrons. The van der Waals surface area contributed by atoms with Crippen LogP contribution in [-0.2, 0) is 11.3 Å². The first-order valence-corrected chi connectivity index (χ1v) is 6.85. The van der Waals surface area contributed by atoms with Crippen LogP contribution in [0.5, 0.6) is 0 Å². The molecule has 0 spiro atoms. The van der Waals surface area contributed by atoms with Crippen molar-refractivity contribution in [1.82, 2.24) is 14.7 Å². The molecule has 2 aromatic rings. The molecule has 17 heavy (non-hydrogen) atoms. The van der Waals surface area contributed by atoms with Crippen LogP contribution >= 0.6 is 11.3 Å². The molecule has 0 fully saturated rings. The van der Waals surface area contributed by atoms with Gasteiger partial charge in [0.05, 0.1) is 12.2 Å². The van der Waals surface area contributed by atoms with Gasteiger partial charge in [-0.3, -0.25) is 9.20 Å². The van der Waals surface area contributed by atoms with Gasteiger partial charge in [0.2, 0.25) is 5.91 Å². The number of carbonyl (C=O) groups is 1. The van der Waals surface area contributed by atoms with E-state index in [1.807, 2.05) is 22.2 Å². The minimum atomic E-state index is 0.120. The monoisotopic (exact) mass is 251 g/mol. The minimum Gasteiger partial charge on any atom is -0.350 e. The van der Waals surface area contributed by atoms with Crippen molar-refractivity contribution in [1.29, 1.82) is 0 Å². The topological polar surface area (TPSA) is 46.4 Å². The molecule has 0 saturated carbocycles. The number of hydrogen-bond acceptors (Lipinski definition) is 3. The van der Waals surface area contributed by atoms with Gasteiger partial charge in [0.1, 0.15) is 0 Å². The molecular formula is C12H17N3OS. The maximum atomic E-state index is 11.5. The van der Waals surface area contributed by atoms with Crippen molar-refractivity contribution in [2.24, 2.45) is 0 Å². The number of hydrogen-bond donors (Lipinski definition) is 1. The fraction of sp³-hybridized carbons (Fsp3) is 0.500. The van der Waals surface area contributed by atoms with Crippen LogP contribution in [0.2, 0.25) is 0 Å². The Hall–Kier alpha value is -1.36. The summed E-state index contributed by atoms with van der Waals surface area (Å²) in [5.41, 5.74) is 0.917. The summed E-state index contributed by atoms with van der Waals surface area (Å²) in [5, 5.41) is 4.89. The van der Waals surface area contributed by atoms with E-state index >= 15 is 0 Å². The molecule has 0 aliphatic heterocycles. The highest BCUT2D eigenvalue weighted by Crippen LogP contribution is 2.11. The maximum Gasteiger partial charge on any atom is 0.220 e. The van der Waals surface area contributed by atoms with Crippen LogP contribution in [0.25, 0.3) is 4.96 Å². The molecule has 1 amide bonds. The summed E-state index contributed by atoms with van der Waals surface area (Å²) in [6, 6.07) is 0. The maximum absolute atomic E-state index is 11.5. The summed E-state index contributed by atoms with van der Waals surface area (Å²) >= 11 is 1.60. The zero-order chi connectivity index (χ0) is 12.1. The van der Waals surface area contributed by atoms with E-state index in [0.717, 1.165) is 29.9 Å². The molecule has 0 aliphatic carbocycles. The molecule has 0 saturated heterocycles. The van der Waals surface area contributed by atoms with Crippen molar-refractivity contribution >= 4 is 22.2 Å². The largest absolute Gasteiger partial charge is 0.350 e. The Morgan fingerprint density at radius 3 is 3.18 bits per heavy atom. The number of carbonyl (C=O) groups excluding carboxylic acids is 1. The first-order valence-electron chi connectivity index (χ1n) is 5.97. The summed E-state index contributed by atoms with van der Waals surface area (Å²) in [6.07, 6.45) is 7.78. The Kier molecular flexibility index (Phi) is 4.14. The molecule has 5 heteroatoms. The zero-order valence-corrected chi connectivity index (χ0v) is 10.8. The highest BCUT2D eigenvalue weighted by molar-refractivity contribution is 7.15. The normalized spacial score (nSPS) is 10.9. The number of rotatable bonds is 6. The lowest BCUT2D eigenvalue weighted by Gasteiger charge is -2.02. The van der Waals surface area contributed by atoms with Crippen molar-refractivity contribution in [3.8, 4) is 0 Å². The summed E-state index contributed by atoms with van der Waals surface area (Å²) in [6.45, 7) is 2.66. The van der Waals surface area contributed by atoms with Gasteiger partial charge in [-0.15, -0.1) is 11.3 Å². The van der Waals surface area contributed by atoms with E-state index in [4.69, 9.17) is 0 Å². The van der Waals surface area contributed by atoms with Crippen molar-refractivity contribution in [3.63, 3.8) is 0 Å². The third-order valence-electron chi connectivity index (χ3n) is 2.62. The number of unbranched alkanes of at least 4 members (excludes halogenated alkanes) is 2. The van der Waals surface area contributed by atoms with E-state index < -0.39 is 0 Å². The van der Waals surface area contributed by atoms with Crippen LogP contribution in [0.3, 0.4) is 0 Å². The first-order chi connectivity index (χ1) is 8.29. The predicted molar refractivity (Wildman–Crippen MR) is 69.1 cm³/mol. The summed E-state index contributed by atoms with van der Waals surface area (Å²) in [7, 11) is 0. The highest BCUT2D eigenvalue weighted by atomic mass is 32.1. The number of nitrogens with zero attached hydrogens (tertiary/aromatic N) is 2. The van der Waals surface area contributed by atoms with E-state index in [1.54, 1.807) is 11.3 Å². The van der Waals surface area contributed by atoms with E-state index in [0.29, 0.717) is 13.0 Å².